The van der Waals surface area contributed by atoms with Crippen molar-refractivity contribution in [1.82, 2.24) is 4.72 Å². The molecule has 2 aromatic carbocycles. The number of sulfonamides is 1. The number of fused-ring (bicyclic) bond motifs is 1. The van der Waals surface area contributed by atoms with Crippen LogP contribution in [0, 0.1) is 0 Å². The third-order valence-corrected chi connectivity index (χ3v) is 5.09. The third-order valence-electron chi connectivity index (χ3n) is 3.50. The lowest BCUT2D eigenvalue weighted by molar-refractivity contribution is -0.142. The molecule has 0 radical (unpaired) electrons. The summed E-state index contributed by atoms with van der Waals surface area (Å²) in [6.07, 6.45) is 0. The Balaban J connectivity index is 2.61. The number of anilines is 1. The van der Waals surface area contributed by atoms with E-state index in [2.05, 4.69) is 9.46 Å². The normalized spacial score (nSPS) is 12.9. The van der Waals surface area contributed by atoms with E-state index in [1.54, 1.807) is 6.07 Å². The van der Waals surface area contributed by atoms with Crippen molar-refractivity contribution in [2.24, 2.45) is 0 Å². The number of nitrogens with one attached hydrogen (secondary N) is 1. The van der Waals surface area contributed by atoms with Gasteiger partial charge in [0.05, 0.1) is 12.0 Å². The van der Waals surface area contributed by atoms with E-state index in [4.69, 9.17) is 0 Å². The minimum Gasteiger partial charge on any atom is -0.468 e. The van der Waals surface area contributed by atoms with Gasteiger partial charge in [-0.05, 0) is 24.4 Å². The summed E-state index contributed by atoms with van der Waals surface area (Å²) in [7, 11) is 1.04. The van der Waals surface area contributed by atoms with Crippen molar-refractivity contribution in [3.63, 3.8) is 0 Å². The second-order valence-corrected chi connectivity index (χ2v) is 7.07. The zero-order valence-electron chi connectivity index (χ0n) is 13.5. The van der Waals surface area contributed by atoms with Gasteiger partial charge >= 0.3 is 5.97 Å². The van der Waals surface area contributed by atoms with Crippen LogP contribution in [-0.2, 0) is 19.6 Å². The summed E-state index contributed by atoms with van der Waals surface area (Å²) in [5.41, 5.74) is 0.786. The highest BCUT2D eigenvalue weighted by atomic mass is 32.2. The molecule has 7 heteroatoms. The highest BCUT2D eigenvalue weighted by molar-refractivity contribution is 7.89. The Morgan fingerprint density at radius 3 is 2.35 bits per heavy atom. The summed E-state index contributed by atoms with van der Waals surface area (Å²) >= 11 is 0. The smallest absolute Gasteiger partial charge is 0.323 e. The van der Waals surface area contributed by atoms with E-state index in [-0.39, 0.29) is 4.90 Å². The lowest BCUT2D eigenvalue weighted by Crippen LogP contribution is -2.39. The first-order valence-electron chi connectivity index (χ1n) is 7.07. The predicted octanol–water partition coefficient (Wildman–Crippen LogP) is 1.75. The van der Waals surface area contributed by atoms with E-state index in [9.17, 15) is 13.2 Å². The topological polar surface area (TPSA) is 75.7 Å². The molecule has 0 saturated carbocycles. The van der Waals surface area contributed by atoms with E-state index in [1.807, 2.05) is 43.3 Å². The van der Waals surface area contributed by atoms with Crippen LogP contribution in [0.5, 0.6) is 0 Å². The van der Waals surface area contributed by atoms with E-state index in [1.165, 1.54) is 20.1 Å². The molecular formula is C16H20N2O4S. The van der Waals surface area contributed by atoms with Gasteiger partial charge in [-0.15, -0.1) is 0 Å². The molecule has 1 atom stereocenters. The van der Waals surface area contributed by atoms with Crippen LogP contribution in [0.2, 0.25) is 0 Å². The molecule has 1 unspecified atom stereocenters. The zero-order chi connectivity index (χ0) is 17.2. The standard InChI is InChI=1S/C16H20N2O4S/c1-11(16(19)22-4)17-23(20,21)14-10-6-8-12-7-5-9-13(15(12)14)18(2)3/h5-11,17H,1-4H3. The van der Waals surface area contributed by atoms with Crippen LogP contribution in [0.4, 0.5) is 5.69 Å². The minimum absolute atomic E-state index is 0.134. The number of methoxy groups -OCH3 is 1. The van der Waals surface area contributed by atoms with Crippen molar-refractivity contribution >= 4 is 32.5 Å². The molecular weight excluding hydrogens is 316 g/mol. The quantitative estimate of drug-likeness (QED) is 0.842. The van der Waals surface area contributed by atoms with Gasteiger partial charge in [-0.3, -0.25) is 4.79 Å². The van der Waals surface area contributed by atoms with Crippen molar-refractivity contribution in [2.75, 3.05) is 26.1 Å². The maximum Gasteiger partial charge on any atom is 0.323 e. The maximum absolute atomic E-state index is 12.7. The Morgan fingerprint density at radius 1 is 1.17 bits per heavy atom. The van der Waals surface area contributed by atoms with Gasteiger partial charge < -0.3 is 9.64 Å². The lowest BCUT2D eigenvalue weighted by Gasteiger charge is -2.19. The molecule has 6 nitrogen and oxygen atoms in total. The molecule has 0 saturated heterocycles. The molecule has 124 valence electrons. The highest BCUT2D eigenvalue weighted by Gasteiger charge is 2.25. The van der Waals surface area contributed by atoms with Crippen molar-refractivity contribution < 1.29 is 17.9 Å². The monoisotopic (exact) mass is 336 g/mol. The summed E-state index contributed by atoms with van der Waals surface area (Å²) in [6, 6.07) is 9.67. The van der Waals surface area contributed by atoms with Crippen LogP contribution >= 0.6 is 0 Å². The number of carbonyl (C=O) groups excluding carboxylic acids is 1. The van der Waals surface area contributed by atoms with E-state index >= 15 is 0 Å². The molecule has 0 aliphatic rings. The molecule has 0 spiro atoms. The van der Waals surface area contributed by atoms with Gasteiger partial charge in [0.15, 0.2) is 0 Å². The fourth-order valence-corrected chi connectivity index (χ4v) is 3.84. The summed E-state index contributed by atoms with van der Waals surface area (Å²) in [6.45, 7) is 1.45. The average Bonchev–Trinajstić information content (AvgIpc) is 2.52. The lowest BCUT2D eigenvalue weighted by atomic mass is 10.1. The van der Waals surface area contributed by atoms with Gasteiger partial charge in [-0.25, -0.2) is 8.42 Å². The Labute approximate surface area is 136 Å². The van der Waals surface area contributed by atoms with E-state index in [0.717, 1.165) is 11.1 Å². The summed E-state index contributed by atoms with van der Waals surface area (Å²) in [4.78, 5) is 13.5. The number of hydrogen-bond donors (Lipinski definition) is 1. The number of carbonyl (C=O) groups is 1. The van der Waals surface area contributed by atoms with Crippen molar-refractivity contribution in [3.8, 4) is 0 Å². The Morgan fingerprint density at radius 2 is 1.78 bits per heavy atom. The average molecular weight is 336 g/mol. The maximum atomic E-state index is 12.7. The number of ether oxygens (including phenoxy) is 1. The first kappa shape index (κ1) is 17.2. The van der Waals surface area contributed by atoms with Gasteiger partial charge in [0.2, 0.25) is 10.0 Å². The van der Waals surface area contributed by atoms with Gasteiger partial charge in [0.1, 0.15) is 6.04 Å². The fraction of sp³-hybridized carbons (Fsp3) is 0.312. The number of rotatable bonds is 5. The molecule has 2 rings (SSSR count). The molecule has 0 aromatic heterocycles. The molecule has 2 aromatic rings. The van der Waals surface area contributed by atoms with Crippen LogP contribution < -0.4 is 9.62 Å². The molecule has 23 heavy (non-hydrogen) atoms. The number of esters is 1. The molecule has 0 heterocycles. The van der Waals surface area contributed by atoms with Crippen molar-refractivity contribution in [1.29, 1.82) is 0 Å². The summed E-state index contributed by atoms with van der Waals surface area (Å²) in [5, 5.41) is 1.43. The molecule has 0 bridgehead atoms. The molecule has 0 fully saturated rings. The van der Waals surface area contributed by atoms with Gasteiger partial charge in [-0.2, -0.15) is 4.72 Å². The zero-order valence-corrected chi connectivity index (χ0v) is 14.3. The minimum atomic E-state index is -3.87. The molecule has 0 amide bonds. The fourth-order valence-electron chi connectivity index (χ4n) is 2.41. The molecule has 1 N–H and O–H groups in total. The molecule has 0 aliphatic carbocycles. The van der Waals surface area contributed by atoms with E-state index < -0.39 is 22.0 Å². The second kappa shape index (κ2) is 6.55. The van der Waals surface area contributed by atoms with Gasteiger partial charge in [0, 0.05) is 25.2 Å². The van der Waals surface area contributed by atoms with Crippen LogP contribution in [0.25, 0.3) is 10.8 Å². The Bertz CT molecular complexity index is 826. The number of hydrogen-bond acceptors (Lipinski definition) is 5. The first-order valence-corrected chi connectivity index (χ1v) is 8.55. The summed E-state index contributed by atoms with van der Waals surface area (Å²) < 4.78 is 32.4. The van der Waals surface area contributed by atoms with Gasteiger partial charge in [-0.1, -0.05) is 24.3 Å². The largest absolute Gasteiger partial charge is 0.468 e. The van der Waals surface area contributed by atoms with Crippen molar-refractivity contribution in [3.05, 3.63) is 36.4 Å². The number of benzene rings is 2. The third kappa shape index (κ3) is 3.46. The Kier molecular flexibility index (Phi) is 4.91. The van der Waals surface area contributed by atoms with Gasteiger partial charge in [0.25, 0.3) is 0 Å². The predicted molar refractivity (Wildman–Crippen MR) is 90.1 cm³/mol. The first-order chi connectivity index (χ1) is 10.8. The Hall–Kier alpha value is -2.12. The van der Waals surface area contributed by atoms with Crippen molar-refractivity contribution in [2.45, 2.75) is 17.9 Å². The number of nitrogens with zero attached hydrogens (tertiary/aromatic N) is 1. The van der Waals surface area contributed by atoms with Crippen LogP contribution in [0.1, 0.15) is 6.92 Å². The van der Waals surface area contributed by atoms with Crippen LogP contribution in [0.15, 0.2) is 41.3 Å². The highest BCUT2D eigenvalue weighted by Crippen LogP contribution is 2.31. The molecule has 0 aliphatic heterocycles. The van der Waals surface area contributed by atoms with E-state index in [0.29, 0.717) is 5.39 Å². The summed E-state index contributed by atoms with van der Waals surface area (Å²) in [5.74, 6) is -0.637. The second-order valence-electron chi connectivity index (χ2n) is 5.39. The SMILES string of the molecule is COC(=O)C(C)NS(=O)(=O)c1cccc2cccc(N(C)C)c12. The van der Waals surface area contributed by atoms with Crippen LogP contribution in [0.3, 0.4) is 0 Å². The van der Waals surface area contributed by atoms with Crippen LogP contribution in [-0.4, -0.2) is 41.6 Å².